The van der Waals surface area contributed by atoms with Crippen LogP contribution >= 0.6 is 27.3 Å². The molecular weight excluding hydrogens is 427 g/mol. The molecule has 0 bridgehead atoms. The number of halogens is 4. The minimum Gasteiger partial charge on any atom is -0.370 e. The number of nitrogens with zero attached hydrogens (tertiary/aromatic N) is 2. The van der Waals surface area contributed by atoms with Crippen LogP contribution in [0.4, 0.5) is 19.0 Å². The van der Waals surface area contributed by atoms with Crippen LogP contribution in [0, 0.1) is 0 Å². The zero-order valence-corrected chi connectivity index (χ0v) is 16.0. The van der Waals surface area contributed by atoms with Crippen LogP contribution in [0.15, 0.2) is 40.2 Å². The van der Waals surface area contributed by atoms with E-state index in [9.17, 15) is 13.2 Å². The molecule has 4 rings (SSSR count). The maximum absolute atomic E-state index is 13.1. The van der Waals surface area contributed by atoms with Crippen molar-refractivity contribution in [3.63, 3.8) is 0 Å². The number of alkyl halides is 3. The molecule has 26 heavy (non-hydrogen) atoms. The van der Waals surface area contributed by atoms with Crippen LogP contribution in [0.2, 0.25) is 0 Å². The maximum Gasteiger partial charge on any atom is 0.416 e. The number of aromatic nitrogens is 2. The lowest BCUT2D eigenvalue weighted by Gasteiger charge is -2.12. The summed E-state index contributed by atoms with van der Waals surface area (Å²) in [7, 11) is 0. The van der Waals surface area contributed by atoms with Crippen molar-refractivity contribution in [2.45, 2.75) is 25.4 Å². The van der Waals surface area contributed by atoms with Gasteiger partial charge in [0.25, 0.3) is 0 Å². The predicted octanol–water partition coefficient (Wildman–Crippen LogP) is 6.13. The minimum atomic E-state index is -4.38. The Labute approximate surface area is 161 Å². The van der Waals surface area contributed by atoms with Gasteiger partial charge in [0.2, 0.25) is 0 Å². The summed E-state index contributed by atoms with van der Waals surface area (Å²) in [5, 5.41) is 8.05. The average molecular weight is 442 g/mol. The number of nitrogens with one attached hydrogen (secondary N) is 1. The first-order valence-corrected chi connectivity index (χ1v) is 9.83. The molecular formula is C18H15BrF3N3S. The van der Waals surface area contributed by atoms with E-state index in [-0.39, 0.29) is 0 Å². The van der Waals surface area contributed by atoms with Crippen LogP contribution in [0.25, 0.3) is 16.3 Å². The molecule has 1 aliphatic rings. The molecule has 1 N–H and O–H groups in total. The smallest absolute Gasteiger partial charge is 0.370 e. The molecule has 0 fully saturated rings. The van der Waals surface area contributed by atoms with Gasteiger partial charge >= 0.3 is 6.18 Å². The topological polar surface area (TPSA) is 29.9 Å². The van der Waals surface area contributed by atoms with E-state index >= 15 is 0 Å². The number of hydrogen-bond acceptors (Lipinski definition) is 3. The third-order valence-corrected chi connectivity index (χ3v) is 5.98. The van der Waals surface area contributed by atoms with E-state index < -0.39 is 11.7 Å². The third kappa shape index (κ3) is 3.27. The first kappa shape index (κ1) is 17.6. The zero-order valence-electron chi connectivity index (χ0n) is 13.6. The van der Waals surface area contributed by atoms with Gasteiger partial charge in [-0.05, 0) is 65.5 Å². The normalized spacial score (nSPS) is 14.6. The van der Waals surface area contributed by atoms with Gasteiger partial charge in [-0.25, -0.2) is 4.68 Å². The summed E-state index contributed by atoms with van der Waals surface area (Å²) in [6, 6.07) is 9.25. The van der Waals surface area contributed by atoms with Gasteiger partial charge in [-0.15, -0.1) is 11.3 Å². The summed E-state index contributed by atoms with van der Waals surface area (Å²) in [5.41, 5.74) is 1.64. The molecule has 8 heteroatoms. The number of benzene rings is 1. The van der Waals surface area contributed by atoms with Crippen molar-refractivity contribution >= 4 is 33.1 Å². The molecule has 3 aromatic rings. The second kappa shape index (κ2) is 6.74. The molecule has 0 unspecified atom stereocenters. The van der Waals surface area contributed by atoms with Crippen molar-refractivity contribution in [3.8, 4) is 16.3 Å². The highest BCUT2D eigenvalue weighted by atomic mass is 79.9. The molecule has 1 aromatic carbocycles. The summed E-state index contributed by atoms with van der Waals surface area (Å²) in [6.45, 7) is 0.783. The lowest BCUT2D eigenvalue weighted by molar-refractivity contribution is -0.137. The highest BCUT2D eigenvalue weighted by Gasteiger charge is 2.31. The molecule has 0 radical (unpaired) electrons. The van der Waals surface area contributed by atoms with Crippen molar-refractivity contribution < 1.29 is 13.2 Å². The predicted molar refractivity (Wildman–Crippen MR) is 101 cm³/mol. The fourth-order valence-electron chi connectivity index (χ4n) is 3.14. The van der Waals surface area contributed by atoms with Crippen LogP contribution in [-0.4, -0.2) is 16.3 Å². The number of anilines is 1. The molecule has 0 amide bonds. The largest absolute Gasteiger partial charge is 0.416 e. The Balaban J connectivity index is 1.88. The molecule has 1 aliphatic heterocycles. The Kier molecular flexibility index (Phi) is 4.56. The molecule has 0 spiro atoms. The Morgan fingerprint density at radius 2 is 2.00 bits per heavy atom. The summed E-state index contributed by atoms with van der Waals surface area (Å²) >= 11 is 5.04. The summed E-state index contributed by atoms with van der Waals surface area (Å²) in [6.07, 6.45) is -1.49. The fraction of sp³-hybridized carbons (Fsp3) is 0.278. The van der Waals surface area contributed by atoms with Gasteiger partial charge in [0, 0.05) is 12.1 Å². The lowest BCUT2D eigenvalue weighted by atomic mass is 10.1. The van der Waals surface area contributed by atoms with Gasteiger partial charge in [-0.2, -0.15) is 18.3 Å². The first-order chi connectivity index (χ1) is 12.4. The van der Waals surface area contributed by atoms with Gasteiger partial charge in [-0.1, -0.05) is 6.07 Å². The van der Waals surface area contributed by atoms with Crippen molar-refractivity contribution in [2.75, 3.05) is 11.9 Å². The molecule has 0 saturated heterocycles. The number of thiophene rings is 1. The van der Waals surface area contributed by atoms with Gasteiger partial charge in [0.15, 0.2) is 0 Å². The van der Waals surface area contributed by atoms with Gasteiger partial charge in [0.1, 0.15) is 11.5 Å². The molecule has 2 aromatic heterocycles. The monoisotopic (exact) mass is 441 g/mol. The van der Waals surface area contributed by atoms with E-state index in [1.54, 1.807) is 22.1 Å². The molecule has 0 saturated carbocycles. The lowest BCUT2D eigenvalue weighted by Crippen LogP contribution is -2.09. The second-order valence-corrected chi connectivity index (χ2v) is 8.59. The molecule has 136 valence electrons. The standard InChI is InChI=1S/C18H15BrF3N3S/c19-15-8-7-14(26-15)16-13-6-1-2-9-23-17(13)25(24-16)12-5-3-4-11(10-12)18(20,21)22/h3-5,7-8,10,23H,1-2,6,9H2. The second-order valence-electron chi connectivity index (χ2n) is 6.12. The van der Waals surface area contributed by atoms with Gasteiger partial charge in [0.05, 0.1) is 19.9 Å². The molecule has 3 heterocycles. The summed E-state index contributed by atoms with van der Waals surface area (Å²) in [4.78, 5) is 1.00. The van der Waals surface area contributed by atoms with Crippen molar-refractivity contribution in [3.05, 3.63) is 51.3 Å². The first-order valence-electron chi connectivity index (χ1n) is 8.22. The minimum absolute atomic E-state index is 0.410. The van der Waals surface area contributed by atoms with E-state index in [4.69, 9.17) is 0 Å². The quantitative estimate of drug-likeness (QED) is 0.518. The Hall–Kier alpha value is -1.80. The molecule has 0 aliphatic carbocycles. The molecule has 0 atom stereocenters. The Bertz CT molecular complexity index is 946. The van der Waals surface area contributed by atoms with Crippen LogP contribution in [0.1, 0.15) is 24.0 Å². The highest BCUT2D eigenvalue weighted by molar-refractivity contribution is 9.11. The summed E-state index contributed by atoms with van der Waals surface area (Å²) < 4.78 is 41.9. The highest BCUT2D eigenvalue weighted by Crippen LogP contribution is 2.39. The Morgan fingerprint density at radius 3 is 2.73 bits per heavy atom. The van der Waals surface area contributed by atoms with E-state index in [1.165, 1.54) is 6.07 Å². The van der Waals surface area contributed by atoms with Crippen LogP contribution < -0.4 is 5.32 Å². The average Bonchev–Trinajstić information content (AvgIpc) is 3.10. The van der Waals surface area contributed by atoms with Crippen LogP contribution in [-0.2, 0) is 12.6 Å². The SMILES string of the molecule is FC(F)(F)c1cccc(-n2nc(-c3ccc(Br)s3)c3c2NCCCC3)c1. The van der Waals surface area contributed by atoms with Crippen molar-refractivity contribution in [2.24, 2.45) is 0 Å². The van der Waals surface area contributed by atoms with E-state index in [0.29, 0.717) is 5.69 Å². The van der Waals surface area contributed by atoms with Crippen LogP contribution in [0.3, 0.4) is 0 Å². The van der Waals surface area contributed by atoms with E-state index in [0.717, 1.165) is 63.7 Å². The fourth-order valence-corrected chi connectivity index (χ4v) is 4.54. The van der Waals surface area contributed by atoms with Crippen molar-refractivity contribution in [1.29, 1.82) is 0 Å². The third-order valence-electron chi connectivity index (χ3n) is 4.35. The number of rotatable bonds is 2. The molecule has 3 nitrogen and oxygen atoms in total. The number of fused-ring (bicyclic) bond motifs is 1. The maximum atomic E-state index is 13.1. The van der Waals surface area contributed by atoms with Crippen LogP contribution in [0.5, 0.6) is 0 Å². The van der Waals surface area contributed by atoms with E-state index in [2.05, 4.69) is 26.3 Å². The van der Waals surface area contributed by atoms with Gasteiger partial charge < -0.3 is 5.32 Å². The summed E-state index contributed by atoms with van der Waals surface area (Å²) in [5.74, 6) is 0.793. The zero-order chi connectivity index (χ0) is 18.3. The van der Waals surface area contributed by atoms with Crippen molar-refractivity contribution in [1.82, 2.24) is 9.78 Å². The Morgan fingerprint density at radius 1 is 1.15 bits per heavy atom. The van der Waals surface area contributed by atoms with E-state index in [1.807, 2.05) is 12.1 Å². The van der Waals surface area contributed by atoms with Gasteiger partial charge in [-0.3, -0.25) is 0 Å². The number of hydrogen-bond donors (Lipinski definition) is 1.